The highest BCUT2D eigenvalue weighted by molar-refractivity contribution is 4.91. The third-order valence-corrected chi connectivity index (χ3v) is 1.43. The molecule has 58 valence electrons. The van der Waals surface area contributed by atoms with Gasteiger partial charge in [0, 0.05) is 6.42 Å². The molecular weight excluding hydrogens is 124 g/mol. The van der Waals surface area contributed by atoms with Gasteiger partial charge in [-0.15, -0.1) is 12.3 Å². The normalized spacial score (nSPS) is 14.3. The fraction of sp³-hybridized carbons (Fsp3) is 0.778. The van der Waals surface area contributed by atoms with E-state index in [9.17, 15) is 0 Å². The zero-order valence-electron chi connectivity index (χ0n) is 7.02. The van der Waals surface area contributed by atoms with Crippen LogP contribution in [-0.2, 0) is 0 Å². The molecule has 1 unspecified atom stereocenters. The fourth-order valence-electron chi connectivity index (χ4n) is 1.15. The van der Waals surface area contributed by atoms with Gasteiger partial charge in [-0.3, -0.25) is 0 Å². The van der Waals surface area contributed by atoms with E-state index in [4.69, 9.17) is 11.5 Å². The average molecular weight is 140 g/mol. The summed E-state index contributed by atoms with van der Waals surface area (Å²) in [5, 5.41) is 9.05. The first-order valence-corrected chi connectivity index (χ1v) is 3.59. The van der Waals surface area contributed by atoms with Crippen molar-refractivity contribution in [3.8, 4) is 12.3 Å². The molecule has 1 N–H and O–H groups in total. The first-order valence-electron chi connectivity index (χ1n) is 3.59. The number of aliphatic hydroxyl groups is 1. The lowest BCUT2D eigenvalue weighted by atomic mass is 9.84. The van der Waals surface area contributed by atoms with Crippen LogP contribution in [0.5, 0.6) is 0 Å². The van der Waals surface area contributed by atoms with E-state index >= 15 is 0 Å². The van der Waals surface area contributed by atoms with Gasteiger partial charge < -0.3 is 5.11 Å². The van der Waals surface area contributed by atoms with E-state index in [1.807, 2.05) is 0 Å². The summed E-state index contributed by atoms with van der Waals surface area (Å²) in [7, 11) is 0. The number of aliphatic hydroxyl groups excluding tert-OH is 1. The van der Waals surface area contributed by atoms with Gasteiger partial charge in [0.25, 0.3) is 0 Å². The van der Waals surface area contributed by atoms with Gasteiger partial charge in [0.1, 0.15) is 0 Å². The van der Waals surface area contributed by atoms with Gasteiger partial charge in [0.15, 0.2) is 0 Å². The van der Waals surface area contributed by atoms with E-state index in [1.54, 1.807) is 6.92 Å². The molecule has 0 aliphatic carbocycles. The molecule has 0 fully saturated rings. The predicted molar refractivity (Wildman–Crippen MR) is 43.5 cm³/mol. The fourth-order valence-corrected chi connectivity index (χ4v) is 1.15. The lowest BCUT2D eigenvalue weighted by molar-refractivity contribution is 0.132. The molecule has 0 bridgehead atoms. The second kappa shape index (κ2) is 3.63. The van der Waals surface area contributed by atoms with Crippen molar-refractivity contribution >= 4 is 0 Å². The van der Waals surface area contributed by atoms with Crippen molar-refractivity contribution in [1.29, 1.82) is 0 Å². The monoisotopic (exact) mass is 140 g/mol. The molecule has 10 heavy (non-hydrogen) atoms. The van der Waals surface area contributed by atoms with Gasteiger partial charge in [-0.2, -0.15) is 0 Å². The molecule has 0 spiro atoms. The van der Waals surface area contributed by atoms with Crippen LogP contribution in [0.1, 0.15) is 33.6 Å². The predicted octanol–water partition coefficient (Wildman–Crippen LogP) is 1.81. The Morgan fingerprint density at radius 2 is 2.10 bits per heavy atom. The minimum atomic E-state index is -0.247. The molecule has 0 rings (SSSR count). The van der Waals surface area contributed by atoms with Crippen molar-refractivity contribution in [2.45, 2.75) is 39.7 Å². The Morgan fingerprint density at radius 1 is 1.60 bits per heavy atom. The smallest absolute Gasteiger partial charge is 0.0517 e. The Bertz CT molecular complexity index is 128. The quantitative estimate of drug-likeness (QED) is 0.593. The molecule has 0 heterocycles. The van der Waals surface area contributed by atoms with E-state index in [0.717, 1.165) is 12.8 Å². The molecule has 0 amide bonds. The molecule has 0 aromatic carbocycles. The van der Waals surface area contributed by atoms with Crippen LogP contribution in [-0.4, -0.2) is 11.2 Å². The van der Waals surface area contributed by atoms with Crippen molar-refractivity contribution in [3.05, 3.63) is 0 Å². The molecule has 0 aromatic rings. The summed E-state index contributed by atoms with van der Waals surface area (Å²) < 4.78 is 0. The van der Waals surface area contributed by atoms with Crippen LogP contribution < -0.4 is 0 Å². The second-order valence-electron chi connectivity index (χ2n) is 3.60. The Balaban J connectivity index is 3.77. The maximum absolute atomic E-state index is 9.05. The average Bonchev–Trinajstić information content (AvgIpc) is 1.59. The number of hydrogen-bond donors (Lipinski definition) is 1. The molecule has 0 aromatic heterocycles. The van der Waals surface area contributed by atoms with Crippen molar-refractivity contribution in [2.75, 3.05) is 0 Å². The lowest BCUT2D eigenvalue weighted by Crippen LogP contribution is -2.17. The van der Waals surface area contributed by atoms with Crippen LogP contribution in [0.15, 0.2) is 0 Å². The van der Waals surface area contributed by atoms with Crippen molar-refractivity contribution in [2.24, 2.45) is 5.41 Å². The molecule has 0 saturated heterocycles. The summed E-state index contributed by atoms with van der Waals surface area (Å²) in [5.41, 5.74) is 0.0862. The standard InChI is InChI=1S/C9H16O/c1-5-6-9(3,4)7-8(2)10/h1,8,10H,6-7H2,2-4H3. The minimum Gasteiger partial charge on any atom is -0.393 e. The maximum Gasteiger partial charge on any atom is 0.0517 e. The highest BCUT2D eigenvalue weighted by Crippen LogP contribution is 2.25. The van der Waals surface area contributed by atoms with Crippen LogP contribution in [0.3, 0.4) is 0 Å². The summed E-state index contributed by atoms with van der Waals surface area (Å²) in [5.74, 6) is 2.60. The SMILES string of the molecule is C#CCC(C)(C)CC(C)O. The minimum absolute atomic E-state index is 0.0862. The largest absolute Gasteiger partial charge is 0.393 e. The van der Waals surface area contributed by atoms with E-state index in [0.29, 0.717) is 0 Å². The van der Waals surface area contributed by atoms with Crippen LogP contribution in [0.2, 0.25) is 0 Å². The van der Waals surface area contributed by atoms with Gasteiger partial charge in [-0.05, 0) is 18.8 Å². The summed E-state index contributed by atoms with van der Waals surface area (Å²) in [6.45, 7) is 5.93. The van der Waals surface area contributed by atoms with Crippen LogP contribution in [0.4, 0.5) is 0 Å². The van der Waals surface area contributed by atoms with Crippen molar-refractivity contribution in [1.82, 2.24) is 0 Å². The Hall–Kier alpha value is -0.480. The number of hydrogen-bond acceptors (Lipinski definition) is 1. The van der Waals surface area contributed by atoms with Crippen LogP contribution in [0, 0.1) is 17.8 Å². The van der Waals surface area contributed by atoms with E-state index in [1.165, 1.54) is 0 Å². The lowest BCUT2D eigenvalue weighted by Gasteiger charge is -2.22. The topological polar surface area (TPSA) is 20.2 Å². The molecule has 1 nitrogen and oxygen atoms in total. The summed E-state index contributed by atoms with van der Waals surface area (Å²) in [6.07, 6.45) is 6.42. The molecule has 0 aliphatic heterocycles. The van der Waals surface area contributed by atoms with Gasteiger partial charge in [-0.25, -0.2) is 0 Å². The Morgan fingerprint density at radius 3 is 2.40 bits per heavy atom. The maximum atomic E-state index is 9.05. The highest BCUT2D eigenvalue weighted by Gasteiger charge is 2.18. The first kappa shape index (κ1) is 9.52. The van der Waals surface area contributed by atoms with E-state index in [2.05, 4.69) is 19.8 Å². The van der Waals surface area contributed by atoms with Gasteiger partial charge in [0.2, 0.25) is 0 Å². The molecule has 0 radical (unpaired) electrons. The first-order chi connectivity index (χ1) is 4.48. The second-order valence-corrected chi connectivity index (χ2v) is 3.60. The van der Waals surface area contributed by atoms with Gasteiger partial charge in [0.05, 0.1) is 6.10 Å². The van der Waals surface area contributed by atoms with E-state index in [-0.39, 0.29) is 11.5 Å². The van der Waals surface area contributed by atoms with Crippen molar-refractivity contribution < 1.29 is 5.11 Å². The molecular formula is C9H16O. The zero-order valence-corrected chi connectivity index (χ0v) is 7.02. The molecule has 0 saturated carbocycles. The van der Waals surface area contributed by atoms with E-state index < -0.39 is 0 Å². The Kier molecular flexibility index (Phi) is 3.46. The van der Waals surface area contributed by atoms with Crippen LogP contribution >= 0.6 is 0 Å². The van der Waals surface area contributed by atoms with Crippen molar-refractivity contribution in [3.63, 3.8) is 0 Å². The third-order valence-electron chi connectivity index (χ3n) is 1.43. The summed E-state index contributed by atoms with van der Waals surface area (Å²) in [6, 6.07) is 0. The van der Waals surface area contributed by atoms with Gasteiger partial charge >= 0.3 is 0 Å². The molecule has 1 heteroatoms. The third kappa shape index (κ3) is 4.40. The summed E-state index contributed by atoms with van der Waals surface area (Å²) in [4.78, 5) is 0. The highest BCUT2D eigenvalue weighted by atomic mass is 16.3. The molecule has 0 aliphatic rings. The number of rotatable bonds is 3. The van der Waals surface area contributed by atoms with Crippen LogP contribution in [0.25, 0.3) is 0 Å². The molecule has 1 atom stereocenters. The summed E-state index contributed by atoms with van der Waals surface area (Å²) >= 11 is 0. The zero-order chi connectivity index (χ0) is 8.20. The van der Waals surface area contributed by atoms with Gasteiger partial charge in [-0.1, -0.05) is 13.8 Å². The Labute approximate surface area is 63.5 Å². The number of terminal acetylenes is 1.